The molecule has 3 fully saturated rings. The first-order valence-electron chi connectivity index (χ1n) is 13.4. The summed E-state index contributed by atoms with van der Waals surface area (Å²) in [6, 6.07) is 12.1. The van der Waals surface area contributed by atoms with E-state index in [1.165, 1.54) is 12.8 Å². The number of anilines is 2. The molecule has 9 heteroatoms. The number of carbonyl (C=O) groups excluding carboxylic acids is 1. The lowest BCUT2D eigenvalue weighted by molar-refractivity contribution is -0.00929. The zero-order chi connectivity index (χ0) is 25.4. The van der Waals surface area contributed by atoms with Crippen molar-refractivity contribution in [1.29, 1.82) is 0 Å². The molecule has 0 spiro atoms. The third-order valence-corrected chi connectivity index (χ3v) is 7.80. The van der Waals surface area contributed by atoms with Gasteiger partial charge in [0.25, 0.3) is 5.91 Å². The third-order valence-electron chi connectivity index (χ3n) is 7.80. The fraction of sp³-hybridized carbons (Fsp3) is 0.500. The van der Waals surface area contributed by atoms with Crippen molar-refractivity contribution < 1.29 is 14.3 Å². The highest BCUT2D eigenvalue weighted by atomic mass is 16.5. The monoisotopic (exact) mass is 502 g/mol. The van der Waals surface area contributed by atoms with Gasteiger partial charge in [-0.25, -0.2) is 4.98 Å². The third kappa shape index (κ3) is 4.62. The fourth-order valence-electron chi connectivity index (χ4n) is 5.84. The van der Waals surface area contributed by atoms with Crippen LogP contribution in [0, 0.1) is 0 Å². The lowest BCUT2D eigenvalue weighted by Crippen LogP contribution is -2.53. The van der Waals surface area contributed by atoms with Crippen LogP contribution in [0.2, 0.25) is 0 Å². The van der Waals surface area contributed by atoms with Crippen LogP contribution in [-0.4, -0.2) is 79.0 Å². The molecule has 3 atom stereocenters. The normalized spacial score (nSPS) is 24.1. The van der Waals surface area contributed by atoms with Crippen LogP contribution in [0.3, 0.4) is 0 Å². The Hall–Kier alpha value is -3.30. The maximum Gasteiger partial charge on any atom is 0.251 e. The van der Waals surface area contributed by atoms with Gasteiger partial charge >= 0.3 is 0 Å². The number of benzene rings is 1. The number of fused-ring (bicyclic) bond motifs is 2. The molecule has 1 N–H and O–H groups in total. The Morgan fingerprint density at radius 3 is 2.76 bits per heavy atom. The second-order valence-electron chi connectivity index (χ2n) is 10.1. The van der Waals surface area contributed by atoms with Gasteiger partial charge in [-0.05, 0) is 44.0 Å². The molecule has 4 heterocycles. The van der Waals surface area contributed by atoms with E-state index in [4.69, 9.17) is 24.4 Å². The first-order chi connectivity index (χ1) is 18.1. The minimum absolute atomic E-state index is 0.120. The Morgan fingerprint density at radius 2 is 1.89 bits per heavy atom. The molecule has 194 valence electrons. The highest BCUT2D eigenvalue weighted by molar-refractivity contribution is 5.95. The van der Waals surface area contributed by atoms with E-state index in [9.17, 15) is 4.79 Å². The lowest BCUT2D eigenvalue weighted by atomic mass is 9.90. The molecule has 2 aromatic heterocycles. The van der Waals surface area contributed by atoms with Gasteiger partial charge in [0.2, 0.25) is 5.95 Å². The first-order valence-corrected chi connectivity index (χ1v) is 13.4. The molecule has 1 aromatic carbocycles. The number of pyridine rings is 1. The van der Waals surface area contributed by atoms with Gasteiger partial charge in [0, 0.05) is 31.3 Å². The van der Waals surface area contributed by atoms with Crippen molar-refractivity contribution in [2.45, 2.75) is 50.8 Å². The van der Waals surface area contributed by atoms with Crippen LogP contribution in [0.25, 0.3) is 22.3 Å². The summed E-state index contributed by atoms with van der Waals surface area (Å²) in [7, 11) is 1.64. The van der Waals surface area contributed by atoms with Gasteiger partial charge in [-0.3, -0.25) is 4.79 Å². The summed E-state index contributed by atoms with van der Waals surface area (Å²) in [5, 5.41) is 3.62. The van der Waals surface area contributed by atoms with Crippen molar-refractivity contribution >= 4 is 28.7 Å². The van der Waals surface area contributed by atoms with Gasteiger partial charge in [-0.1, -0.05) is 25.0 Å². The summed E-state index contributed by atoms with van der Waals surface area (Å²) >= 11 is 0. The van der Waals surface area contributed by atoms with Crippen LogP contribution in [0.4, 0.5) is 11.8 Å². The number of ether oxygens (including phenoxy) is 2. The van der Waals surface area contributed by atoms with Crippen molar-refractivity contribution in [2.75, 3.05) is 49.8 Å². The van der Waals surface area contributed by atoms with Gasteiger partial charge in [0.05, 0.1) is 49.1 Å². The Morgan fingerprint density at radius 1 is 1.03 bits per heavy atom. The summed E-state index contributed by atoms with van der Waals surface area (Å²) in [6.07, 6.45) is 4.83. The molecule has 0 unspecified atom stereocenters. The van der Waals surface area contributed by atoms with Crippen LogP contribution in [-0.2, 0) is 9.47 Å². The molecule has 1 aliphatic carbocycles. The predicted molar refractivity (Wildman–Crippen MR) is 143 cm³/mol. The number of rotatable bonds is 4. The van der Waals surface area contributed by atoms with Crippen molar-refractivity contribution in [3.63, 3.8) is 0 Å². The van der Waals surface area contributed by atoms with Gasteiger partial charge in [-0.15, -0.1) is 0 Å². The number of morpholine rings is 2. The number of hydrogen-bond donors (Lipinski definition) is 1. The average Bonchev–Trinajstić information content (AvgIpc) is 2.96. The maximum atomic E-state index is 12.2. The van der Waals surface area contributed by atoms with Gasteiger partial charge in [-0.2, -0.15) is 9.97 Å². The van der Waals surface area contributed by atoms with E-state index in [1.807, 2.05) is 24.3 Å². The molecule has 0 radical (unpaired) electrons. The van der Waals surface area contributed by atoms with Crippen LogP contribution >= 0.6 is 0 Å². The van der Waals surface area contributed by atoms with E-state index >= 15 is 0 Å². The molecule has 2 saturated heterocycles. The van der Waals surface area contributed by atoms with Crippen molar-refractivity contribution in [3.05, 3.63) is 42.0 Å². The smallest absolute Gasteiger partial charge is 0.251 e. The Balaban J connectivity index is 1.46. The molecule has 1 saturated carbocycles. The molecule has 37 heavy (non-hydrogen) atoms. The summed E-state index contributed by atoms with van der Waals surface area (Å²) in [6.45, 7) is 5.75. The van der Waals surface area contributed by atoms with E-state index in [2.05, 4.69) is 28.1 Å². The molecule has 6 rings (SSSR count). The predicted octanol–water partition coefficient (Wildman–Crippen LogP) is 3.42. The SMILES string of the molecule is CNC(=O)c1cccc(-c2ccc3c(N4CCOC[C@@H]4C)nc(N4CCO[C@H]5CCCC[C@@H]54)nc3n2)c1. The van der Waals surface area contributed by atoms with Gasteiger partial charge in [0.1, 0.15) is 5.82 Å². The largest absolute Gasteiger partial charge is 0.377 e. The molecule has 3 aliphatic rings. The summed E-state index contributed by atoms with van der Waals surface area (Å²) in [5.74, 6) is 1.52. The van der Waals surface area contributed by atoms with Crippen LogP contribution in [0.1, 0.15) is 43.0 Å². The van der Waals surface area contributed by atoms with Gasteiger partial charge in [0.15, 0.2) is 5.65 Å². The molecular weight excluding hydrogens is 468 g/mol. The molecule has 9 nitrogen and oxygen atoms in total. The standard InChI is InChI=1S/C28H34N6O3/c1-18-17-36-14-12-33(18)26-21-10-11-22(19-6-5-7-20(16-19)27(35)29-2)30-25(21)31-28(32-26)34-13-15-37-24-9-4-3-8-23(24)34/h5-7,10-11,16,18,23-24H,3-4,8-9,12-15,17H2,1-2H3,(H,29,35)/t18-,23-,24-/m0/s1. The van der Waals surface area contributed by atoms with E-state index in [0.717, 1.165) is 54.3 Å². The molecule has 0 bridgehead atoms. The quantitative estimate of drug-likeness (QED) is 0.580. The lowest BCUT2D eigenvalue weighted by Gasteiger charge is -2.44. The van der Waals surface area contributed by atoms with E-state index in [0.29, 0.717) is 37.1 Å². The highest BCUT2D eigenvalue weighted by Crippen LogP contribution is 2.34. The van der Waals surface area contributed by atoms with Crippen molar-refractivity contribution in [1.82, 2.24) is 20.3 Å². The second kappa shape index (κ2) is 10.2. The average molecular weight is 503 g/mol. The van der Waals surface area contributed by atoms with Crippen molar-refractivity contribution in [2.24, 2.45) is 0 Å². The number of aromatic nitrogens is 3. The van der Waals surface area contributed by atoms with Crippen LogP contribution < -0.4 is 15.1 Å². The van der Waals surface area contributed by atoms with Crippen molar-refractivity contribution in [3.8, 4) is 11.3 Å². The summed E-state index contributed by atoms with van der Waals surface area (Å²) in [5.41, 5.74) is 2.93. The Bertz CT molecular complexity index is 1300. The minimum atomic E-state index is -0.120. The van der Waals surface area contributed by atoms with Crippen LogP contribution in [0.5, 0.6) is 0 Å². The van der Waals surface area contributed by atoms with E-state index in [1.54, 1.807) is 13.1 Å². The van der Waals surface area contributed by atoms with Gasteiger partial charge < -0.3 is 24.6 Å². The number of carbonyl (C=O) groups is 1. The second-order valence-corrected chi connectivity index (χ2v) is 10.1. The highest BCUT2D eigenvalue weighted by Gasteiger charge is 2.36. The minimum Gasteiger partial charge on any atom is -0.377 e. The van der Waals surface area contributed by atoms with Crippen LogP contribution in [0.15, 0.2) is 36.4 Å². The number of amides is 1. The number of hydrogen-bond acceptors (Lipinski definition) is 8. The van der Waals surface area contributed by atoms with E-state index in [-0.39, 0.29) is 18.1 Å². The molecular formula is C28H34N6O3. The topological polar surface area (TPSA) is 92.7 Å². The summed E-state index contributed by atoms with van der Waals surface area (Å²) in [4.78, 5) is 32.1. The zero-order valence-electron chi connectivity index (χ0n) is 21.5. The van der Waals surface area contributed by atoms with E-state index < -0.39 is 0 Å². The molecule has 1 amide bonds. The molecule has 2 aliphatic heterocycles. The zero-order valence-corrected chi connectivity index (χ0v) is 21.5. The maximum absolute atomic E-state index is 12.2. The first kappa shape index (κ1) is 24.1. The summed E-state index contributed by atoms with van der Waals surface area (Å²) < 4.78 is 11.8. The Labute approximate surface area is 217 Å². The Kier molecular flexibility index (Phi) is 6.65. The molecule has 3 aromatic rings. The number of nitrogens with one attached hydrogen (secondary N) is 1. The fourth-order valence-corrected chi connectivity index (χ4v) is 5.84. The number of nitrogens with zero attached hydrogens (tertiary/aromatic N) is 5.